The van der Waals surface area contributed by atoms with Crippen molar-refractivity contribution < 1.29 is 18.0 Å². The van der Waals surface area contributed by atoms with Crippen LogP contribution in [-0.2, 0) is 32.7 Å². The Morgan fingerprint density at radius 1 is 1.00 bits per heavy atom. The van der Waals surface area contributed by atoms with Crippen molar-refractivity contribution in [2.24, 2.45) is 0 Å². The van der Waals surface area contributed by atoms with Crippen LogP contribution in [0.3, 0.4) is 0 Å². The lowest BCUT2D eigenvalue weighted by Crippen LogP contribution is -2.51. The Morgan fingerprint density at radius 2 is 1.61 bits per heavy atom. The molecule has 9 heteroatoms. The number of unbranched alkanes of at least 4 members (excludes halogenated alkanes) is 1. The van der Waals surface area contributed by atoms with Crippen LogP contribution in [-0.4, -0.2) is 54.8 Å². The Balaban J connectivity index is 2.25. The Bertz CT molecular complexity index is 1010. The fraction of sp³-hybridized carbons (Fsp3) is 0.417. The van der Waals surface area contributed by atoms with Crippen LogP contribution >= 0.6 is 11.6 Å². The first-order chi connectivity index (χ1) is 15.6. The zero-order valence-electron chi connectivity index (χ0n) is 19.3. The smallest absolute Gasteiger partial charge is 0.242 e. The first kappa shape index (κ1) is 26.8. The first-order valence-electron chi connectivity index (χ1n) is 10.9. The fourth-order valence-electron chi connectivity index (χ4n) is 3.22. The third-order valence-electron chi connectivity index (χ3n) is 5.25. The van der Waals surface area contributed by atoms with Gasteiger partial charge in [-0.25, -0.2) is 8.42 Å². The first-order valence-corrected chi connectivity index (χ1v) is 13.1. The summed E-state index contributed by atoms with van der Waals surface area (Å²) in [7, 11) is -3.67. The van der Waals surface area contributed by atoms with E-state index < -0.39 is 22.0 Å². The lowest BCUT2D eigenvalue weighted by molar-refractivity contribution is -0.140. The van der Waals surface area contributed by atoms with Crippen LogP contribution in [0.15, 0.2) is 54.6 Å². The molecule has 0 saturated carbocycles. The second-order valence-electron chi connectivity index (χ2n) is 7.99. The van der Waals surface area contributed by atoms with Gasteiger partial charge in [-0.05, 0) is 36.6 Å². The molecular formula is C24H32ClN3O4S. The van der Waals surface area contributed by atoms with E-state index in [1.54, 1.807) is 43.3 Å². The van der Waals surface area contributed by atoms with Gasteiger partial charge in [0.15, 0.2) is 0 Å². The van der Waals surface area contributed by atoms with E-state index in [1.807, 2.05) is 25.1 Å². The van der Waals surface area contributed by atoms with Gasteiger partial charge < -0.3 is 10.2 Å². The number of sulfonamides is 1. The molecule has 0 bridgehead atoms. The predicted octanol–water partition coefficient (Wildman–Crippen LogP) is 3.44. The summed E-state index contributed by atoms with van der Waals surface area (Å²) in [5.41, 5.74) is 1.56. The lowest BCUT2D eigenvalue weighted by Gasteiger charge is -2.31. The molecule has 2 aromatic carbocycles. The minimum atomic E-state index is -3.67. The average molecular weight is 494 g/mol. The van der Waals surface area contributed by atoms with Gasteiger partial charge in [-0.3, -0.25) is 9.59 Å². The van der Waals surface area contributed by atoms with Gasteiger partial charge in [-0.2, -0.15) is 4.31 Å². The Morgan fingerprint density at radius 3 is 2.18 bits per heavy atom. The number of hydrogen-bond acceptors (Lipinski definition) is 4. The van der Waals surface area contributed by atoms with Gasteiger partial charge in [0.2, 0.25) is 21.8 Å². The maximum atomic E-state index is 13.4. The molecule has 0 aliphatic carbocycles. The van der Waals surface area contributed by atoms with Gasteiger partial charge >= 0.3 is 0 Å². The van der Waals surface area contributed by atoms with Crippen LogP contribution < -0.4 is 5.32 Å². The van der Waals surface area contributed by atoms with Gasteiger partial charge in [-0.1, -0.05) is 67.4 Å². The molecule has 180 valence electrons. The molecule has 2 amide bonds. The highest BCUT2D eigenvalue weighted by atomic mass is 35.5. The number of carbonyl (C=O) groups is 2. The lowest BCUT2D eigenvalue weighted by atomic mass is 10.1. The number of carbonyl (C=O) groups excluding carboxylic acids is 2. The third-order valence-corrected chi connectivity index (χ3v) is 6.69. The molecule has 0 aliphatic rings. The van der Waals surface area contributed by atoms with E-state index in [-0.39, 0.29) is 25.5 Å². The summed E-state index contributed by atoms with van der Waals surface area (Å²) in [4.78, 5) is 27.5. The van der Waals surface area contributed by atoms with E-state index >= 15 is 0 Å². The molecule has 33 heavy (non-hydrogen) atoms. The molecular weight excluding hydrogens is 462 g/mol. The Kier molecular flexibility index (Phi) is 10.3. The second-order valence-corrected chi connectivity index (χ2v) is 10.4. The molecule has 0 aromatic heterocycles. The molecule has 0 fully saturated rings. The van der Waals surface area contributed by atoms with Crippen LogP contribution in [0.1, 0.15) is 37.8 Å². The summed E-state index contributed by atoms with van der Waals surface area (Å²) in [5.74, 6) is -0.732. The van der Waals surface area contributed by atoms with Crippen LogP contribution in [0.5, 0.6) is 0 Å². The highest BCUT2D eigenvalue weighted by Gasteiger charge is 2.29. The molecule has 2 rings (SSSR count). The van der Waals surface area contributed by atoms with Crippen LogP contribution in [0.4, 0.5) is 0 Å². The van der Waals surface area contributed by atoms with Crippen LogP contribution in [0.25, 0.3) is 0 Å². The monoisotopic (exact) mass is 493 g/mol. The van der Waals surface area contributed by atoms with Gasteiger partial charge in [0.1, 0.15) is 6.04 Å². The number of halogens is 1. The number of nitrogens with zero attached hydrogens (tertiary/aromatic N) is 2. The largest absolute Gasteiger partial charge is 0.354 e. The molecule has 0 heterocycles. The number of benzene rings is 2. The summed E-state index contributed by atoms with van der Waals surface area (Å²) in [6.45, 7) is 4.05. The fourth-order valence-corrected chi connectivity index (χ4v) is 4.08. The summed E-state index contributed by atoms with van der Waals surface area (Å²) in [5, 5.41) is 3.41. The second kappa shape index (κ2) is 12.7. The van der Waals surface area contributed by atoms with Crippen molar-refractivity contribution in [1.29, 1.82) is 0 Å². The van der Waals surface area contributed by atoms with Crippen LogP contribution in [0.2, 0.25) is 5.02 Å². The van der Waals surface area contributed by atoms with Crippen molar-refractivity contribution in [1.82, 2.24) is 14.5 Å². The van der Waals surface area contributed by atoms with E-state index in [4.69, 9.17) is 11.6 Å². The molecule has 1 N–H and O–H groups in total. The standard InChI is InChI=1S/C24H32ClN3O4S/c1-4-5-15-26-24(30)19(2)28(17-21-11-13-22(25)14-12-21)23(29)18-27(33(3,31)32)16-20-9-7-6-8-10-20/h6-14,19H,4-5,15-18H2,1-3H3,(H,26,30). The molecule has 1 atom stereocenters. The average Bonchev–Trinajstić information content (AvgIpc) is 2.78. The van der Waals surface area contributed by atoms with Crippen molar-refractivity contribution in [3.63, 3.8) is 0 Å². The minimum Gasteiger partial charge on any atom is -0.354 e. The Labute approximate surface area is 201 Å². The predicted molar refractivity (Wildman–Crippen MR) is 131 cm³/mol. The molecule has 7 nitrogen and oxygen atoms in total. The van der Waals surface area contributed by atoms with Gasteiger partial charge in [-0.15, -0.1) is 0 Å². The van der Waals surface area contributed by atoms with Crippen molar-refractivity contribution in [3.8, 4) is 0 Å². The normalized spacial score (nSPS) is 12.4. The van der Waals surface area contributed by atoms with Crippen molar-refractivity contribution in [2.45, 2.75) is 45.8 Å². The summed E-state index contributed by atoms with van der Waals surface area (Å²) < 4.78 is 26.0. The number of rotatable bonds is 12. The number of hydrogen-bond donors (Lipinski definition) is 1. The molecule has 0 spiro atoms. The summed E-state index contributed by atoms with van der Waals surface area (Å²) >= 11 is 5.97. The summed E-state index contributed by atoms with van der Waals surface area (Å²) in [6, 6.07) is 15.3. The highest BCUT2D eigenvalue weighted by Crippen LogP contribution is 2.16. The SMILES string of the molecule is CCCCNC(=O)C(C)N(Cc1ccc(Cl)cc1)C(=O)CN(Cc1ccccc1)S(C)(=O)=O. The quantitative estimate of drug-likeness (QED) is 0.459. The number of nitrogens with one attached hydrogen (secondary N) is 1. The molecule has 0 aliphatic heterocycles. The van der Waals surface area contributed by atoms with Crippen LogP contribution in [0, 0.1) is 0 Å². The Hall–Kier alpha value is -2.42. The molecule has 0 radical (unpaired) electrons. The van der Waals surface area contributed by atoms with Crippen molar-refractivity contribution in [3.05, 3.63) is 70.7 Å². The maximum Gasteiger partial charge on any atom is 0.242 e. The van der Waals surface area contributed by atoms with E-state index in [0.29, 0.717) is 11.6 Å². The van der Waals surface area contributed by atoms with Crippen molar-refractivity contribution in [2.75, 3.05) is 19.3 Å². The van der Waals surface area contributed by atoms with Gasteiger partial charge in [0.05, 0.1) is 12.8 Å². The topological polar surface area (TPSA) is 86.8 Å². The minimum absolute atomic E-state index is 0.0667. The zero-order valence-corrected chi connectivity index (χ0v) is 20.9. The van der Waals surface area contributed by atoms with Crippen molar-refractivity contribution >= 4 is 33.4 Å². The van der Waals surface area contributed by atoms with E-state index in [1.165, 1.54) is 4.90 Å². The third kappa shape index (κ3) is 8.79. The summed E-state index contributed by atoms with van der Waals surface area (Å²) in [6.07, 6.45) is 2.85. The van der Waals surface area contributed by atoms with Gasteiger partial charge in [0, 0.05) is 24.7 Å². The molecule has 1 unspecified atom stereocenters. The highest BCUT2D eigenvalue weighted by molar-refractivity contribution is 7.88. The van der Waals surface area contributed by atoms with E-state index in [0.717, 1.165) is 34.5 Å². The van der Waals surface area contributed by atoms with E-state index in [2.05, 4.69) is 5.32 Å². The zero-order chi connectivity index (χ0) is 24.4. The molecule has 2 aromatic rings. The van der Waals surface area contributed by atoms with E-state index in [9.17, 15) is 18.0 Å². The molecule has 0 saturated heterocycles. The number of amides is 2. The van der Waals surface area contributed by atoms with Gasteiger partial charge in [0.25, 0.3) is 0 Å². The maximum absolute atomic E-state index is 13.4.